The lowest BCUT2D eigenvalue weighted by Crippen LogP contribution is -2.21. The summed E-state index contributed by atoms with van der Waals surface area (Å²) in [6.07, 6.45) is 0.722. The standard InChI is InChI=1S/C14H14N4O4/c1-21-11-7-12(22-2)17-13(16-11)18-14(20)15-10-5-3-9(8-19)4-6-10/h3-8H,1-2H3,(H2,15,16,17,18,20). The van der Waals surface area contributed by atoms with Gasteiger partial charge in [-0.1, -0.05) is 0 Å². The summed E-state index contributed by atoms with van der Waals surface area (Å²) in [7, 11) is 2.89. The smallest absolute Gasteiger partial charge is 0.326 e. The molecule has 1 aromatic carbocycles. The number of rotatable bonds is 5. The number of anilines is 2. The molecule has 1 aromatic heterocycles. The van der Waals surface area contributed by atoms with Crippen LogP contribution in [0.4, 0.5) is 16.4 Å². The highest BCUT2D eigenvalue weighted by Gasteiger charge is 2.09. The molecule has 22 heavy (non-hydrogen) atoms. The van der Waals surface area contributed by atoms with E-state index in [9.17, 15) is 9.59 Å². The minimum atomic E-state index is -0.533. The van der Waals surface area contributed by atoms with Gasteiger partial charge in [0.2, 0.25) is 17.7 Å². The minimum absolute atomic E-state index is 0.0400. The van der Waals surface area contributed by atoms with Crippen LogP contribution in [-0.4, -0.2) is 36.5 Å². The highest BCUT2D eigenvalue weighted by molar-refractivity contribution is 5.98. The Morgan fingerprint density at radius 3 is 2.14 bits per heavy atom. The van der Waals surface area contributed by atoms with Crippen LogP contribution in [0.25, 0.3) is 0 Å². The first kappa shape index (κ1) is 15.2. The molecule has 2 rings (SSSR count). The van der Waals surface area contributed by atoms with E-state index in [4.69, 9.17) is 9.47 Å². The first-order chi connectivity index (χ1) is 10.6. The Kier molecular flexibility index (Phi) is 4.86. The van der Waals surface area contributed by atoms with E-state index in [0.29, 0.717) is 11.3 Å². The van der Waals surface area contributed by atoms with Gasteiger partial charge in [-0.15, -0.1) is 0 Å². The maximum atomic E-state index is 11.9. The monoisotopic (exact) mass is 302 g/mol. The van der Waals surface area contributed by atoms with Gasteiger partial charge in [0.1, 0.15) is 6.29 Å². The zero-order valence-electron chi connectivity index (χ0n) is 12.0. The Hall–Kier alpha value is -3.16. The molecule has 114 valence electrons. The molecule has 0 aliphatic heterocycles. The number of methoxy groups -OCH3 is 2. The van der Waals surface area contributed by atoms with Crippen LogP contribution in [0, 0.1) is 0 Å². The van der Waals surface area contributed by atoms with E-state index in [1.165, 1.54) is 20.3 Å². The summed E-state index contributed by atoms with van der Waals surface area (Å²) in [4.78, 5) is 30.4. The molecule has 8 nitrogen and oxygen atoms in total. The molecule has 0 radical (unpaired) electrons. The van der Waals surface area contributed by atoms with E-state index in [1.54, 1.807) is 24.3 Å². The van der Waals surface area contributed by atoms with E-state index in [0.717, 1.165) is 6.29 Å². The zero-order chi connectivity index (χ0) is 15.9. The van der Waals surface area contributed by atoms with E-state index in [1.807, 2.05) is 0 Å². The third-order valence-electron chi connectivity index (χ3n) is 2.63. The zero-order valence-corrected chi connectivity index (χ0v) is 12.0. The predicted octanol–water partition coefficient (Wildman–Crippen LogP) is 1.95. The Balaban J connectivity index is 2.06. The largest absolute Gasteiger partial charge is 0.481 e. The lowest BCUT2D eigenvalue weighted by Gasteiger charge is -2.09. The second kappa shape index (κ2) is 7.02. The lowest BCUT2D eigenvalue weighted by molar-refractivity contribution is 0.112. The summed E-state index contributed by atoms with van der Waals surface area (Å²) < 4.78 is 9.97. The summed E-state index contributed by atoms with van der Waals surface area (Å²) >= 11 is 0. The summed E-state index contributed by atoms with van der Waals surface area (Å²) in [6.45, 7) is 0. The quantitative estimate of drug-likeness (QED) is 0.818. The van der Waals surface area contributed by atoms with Gasteiger partial charge in [-0.25, -0.2) is 4.79 Å². The number of nitrogens with zero attached hydrogens (tertiary/aromatic N) is 2. The van der Waals surface area contributed by atoms with Crippen molar-refractivity contribution in [2.75, 3.05) is 24.9 Å². The predicted molar refractivity (Wildman–Crippen MR) is 79.6 cm³/mol. The van der Waals surface area contributed by atoms with Crippen molar-refractivity contribution in [2.45, 2.75) is 0 Å². The van der Waals surface area contributed by atoms with Crippen LogP contribution < -0.4 is 20.1 Å². The number of carbonyl (C=O) groups excluding carboxylic acids is 2. The fraction of sp³-hybridized carbons (Fsp3) is 0.143. The van der Waals surface area contributed by atoms with E-state index < -0.39 is 6.03 Å². The van der Waals surface area contributed by atoms with Gasteiger partial charge in [-0.2, -0.15) is 9.97 Å². The molecule has 0 saturated carbocycles. The van der Waals surface area contributed by atoms with Crippen molar-refractivity contribution in [3.8, 4) is 11.8 Å². The number of urea groups is 1. The molecule has 2 N–H and O–H groups in total. The average molecular weight is 302 g/mol. The number of aldehydes is 1. The van der Waals surface area contributed by atoms with Gasteiger partial charge in [0.25, 0.3) is 0 Å². The second-order valence-corrected chi connectivity index (χ2v) is 4.10. The van der Waals surface area contributed by atoms with Gasteiger partial charge < -0.3 is 14.8 Å². The van der Waals surface area contributed by atoms with E-state index >= 15 is 0 Å². The van der Waals surface area contributed by atoms with Crippen LogP contribution in [0.2, 0.25) is 0 Å². The van der Waals surface area contributed by atoms with Crippen molar-refractivity contribution in [3.63, 3.8) is 0 Å². The molecular formula is C14H14N4O4. The SMILES string of the molecule is COc1cc(OC)nc(NC(=O)Nc2ccc(C=O)cc2)n1. The number of amides is 2. The fourth-order valence-corrected chi connectivity index (χ4v) is 1.58. The topological polar surface area (TPSA) is 102 Å². The Morgan fingerprint density at radius 2 is 1.64 bits per heavy atom. The molecule has 0 fully saturated rings. The van der Waals surface area contributed by atoms with Gasteiger partial charge in [-0.05, 0) is 24.3 Å². The third-order valence-corrected chi connectivity index (χ3v) is 2.63. The summed E-state index contributed by atoms with van der Waals surface area (Å²) in [5.74, 6) is 0.563. The van der Waals surface area contributed by atoms with Crippen LogP contribution in [-0.2, 0) is 0 Å². The van der Waals surface area contributed by atoms with Gasteiger partial charge in [0, 0.05) is 11.3 Å². The Bertz CT molecular complexity index is 651. The van der Waals surface area contributed by atoms with E-state index in [-0.39, 0.29) is 17.7 Å². The van der Waals surface area contributed by atoms with Crippen molar-refractivity contribution in [2.24, 2.45) is 0 Å². The number of carbonyl (C=O) groups is 2. The molecule has 2 aromatic rings. The Morgan fingerprint density at radius 1 is 1.05 bits per heavy atom. The number of ether oxygens (including phenoxy) is 2. The molecule has 0 unspecified atom stereocenters. The van der Waals surface area contributed by atoms with Crippen molar-refractivity contribution in [3.05, 3.63) is 35.9 Å². The normalized spacial score (nSPS) is 9.73. The summed E-state index contributed by atoms with van der Waals surface area (Å²) in [5, 5.41) is 5.06. The first-order valence-electron chi connectivity index (χ1n) is 6.25. The molecular weight excluding hydrogens is 288 g/mol. The first-order valence-corrected chi connectivity index (χ1v) is 6.25. The molecule has 2 amide bonds. The van der Waals surface area contributed by atoms with Crippen molar-refractivity contribution in [1.29, 1.82) is 0 Å². The van der Waals surface area contributed by atoms with Crippen LogP contribution >= 0.6 is 0 Å². The van der Waals surface area contributed by atoms with Gasteiger partial charge in [0.05, 0.1) is 20.3 Å². The van der Waals surface area contributed by atoms with Crippen LogP contribution in [0.5, 0.6) is 11.8 Å². The van der Waals surface area contributed by atoms with Gasteiger partial charge in [-0.3, -0.25) is 10.1 Å². The lowest BCUT2D eigenvalue weighted by atomic mass is 10.2. The molecule has 8 heteroatoms. The third kappa shape index (κ3) is 3.92. The van der Waals surface area contributed by atoms with E-state index in [2.05, 4.69) is 20.6 Å². The molecule has 0 saturated heterocycles. The highest BCUT2D eigenvalue weighted by Crippen LogP contribution is 2.17. The molecule has 0 bridgehead atoms. The second-order valence-electron chi connectivity index (χ2n) is 4.10. The van der Waals surface area contributed by atoms with Crippen LogP contribution in [0.1, 0.15) is 10.4 Å². The number of benzene rings is 1. The number of hydrogen-bond acceptors (Lipinski definition) is 6. The Labute approximate surface area is 126 Å². The molecule has 0 atom stereocenters. The number of aromatic nitrogens is 2. The number of hydrogen-bond donors (Lipinski definition) is 2. The molecule has 0 spiro atoms. The minimum Gasteiger partial charge on any atom is -0.481 e. The highest BCUT2D eigenvalue weighted by atomic mass is 16.5. The van der Waals surface area contributed by atoms with Crippen molar-refractivity contribution in [1.82, 2.24) is 9.97 Å². The molecule has 1 heterocycles. The van der Waals surface area contributed by atoms with Gasteiger partial charge >= 0.3 is 6.03 Å². The maximum Gasteiger partial charge on any atom is 0.326 e. The maximum absolute atomic E-state index is 11.9. The summed E-state index contributed by atoms with van der Waals surface area (Å²) in [6, 6.07) is 7.35. The van der Waals surface area contributed by atoms with Crippen LogP contribution in [0.15, 0.2) is 30.3 Å². The molecule has 0 aliphatic rings. The molecule has 0 aliphatic carbocycles. The summed E-state index contributed by atoms with van der Waals surface area (Å²) in [5.41, 5.74) is 1.05. The average Bonchev–Trinajstić information content (AvgIpc) is 2.55. The van der Waals surface area contributed by atoms with Gasteiger partial charge in [0.15, 0.2) is 0 Å². The number of nitrogens with one attached hydrogen (secondary N) is 2. The van der Waals surface area contributed by atoms with Crippen molar-refractivity contribution < 1.29 is 19.1 Å². The fourth-order valence-electron chi connectivity index (χ4n) is 1.58. The van der Waals surface area contributed by atoms with Crippen LogP contribution in [0.3, 0.4) is 0 Å². The van der Waals surface area contributed by atoms with Crippen molar-refractivity contribution >= 4 is 24.0 Å².